The number of anilines is 2. The zero-order valence-corrected chi connectivity index (χ0v) is 9.99. The number of aromatic nitrogens is 2. The fourth-order valence-corrected chi connectivity index (χ4v) is 1.50. The van der Waals surface area contributed by atoms with Crippen molar-refractivity contribution in [1.29, 1.82) is 0 Å². The number of halogens is 2. The molecule has 0 spiro atoms. The molecule has 0 amide bonds. The van der Waals surface area contributed by atoms with Gasteiger partial charge in [-0.05, 0) is 24.3 Å². The minimum Gasteiger partial charge on any atom is -0.408 e. The van der Waals surface area contributed by atoms with Crippen molar-refractivity contribution in [2.75, 3.05) is 17.8 Å². The van der Waals surface area contributed by atoms with Crippen LogP contribution in [0.4, 0.5) is 16.1 Å². The fourth-order valence-electron chi connectivity index (χ4n) is 1.34. The highest BCUT2D eigenvalue weighted by atomic mass is 35.5. The molecule has 0 aliphatic heterocycles. The molecule has 17 heavy (non-hydrogen) atoms. The Morgan fingerprint density at radius 2 is 2.00 bits per heavy atom. The third-order valence-corrected chi connectivity index (χ3v) is 2.45. The van der Waals surface area contributed by atoms with Crippen molar-refractivity contribution in [3.63, 3.8) is 0 Å². The van der Waals surface area contributed by atoms with Gasteiger partial charge in [-0.2, -0.15) is 0 Å². The highest BCUT2D eigenvalue weighted by molar-refractivity contribution is 6.17. The second kappa shape index (κ2) is 5.14. The summed E-state index contributed by atoms with van der Waals surface area (Å²) in [6.07, 6.45) is 0.534. The average molecular weight is 256 g/mol. The molecule has 90 valence electrons. The Balaban J connectivity index is 2.18. The first-order valence-electron chi connectivity index (χ1n) is 5.08. The molecular formula is C11H11ClFN3O. The summed E-state index contributed by atoms with van der Waals surface area (Å²) in [5, 5.41) is 7.74. The number of aryl methyl sites for hydroxylation is 1. The van der Waals surface area contributed by atoms with E-state index in [9.17, 15) is 4.39 Å². The summed E-state index contributed by atoms with van der Waals surface area (Å²) in [5.41, 5.74) is 0.771. The van der Waals surface area contributed by atoms with Crippen LogP contribution < -0.4 is 4.90 Å². The topological polar surface area (TPSA) is 42.2 Å². The van der Waals surface area contributed by atoms with Crippen molar-refractivity contribution < 1.29 is 8.81 Å². The fraction of sp³-hybridized carbons (Fsp3) is 0.273. The van der Waals surface area contributed by atoms with Gasteiger partial charge in [0.15, 0.2) is 0 Å². The van der Waals surface area contributed by atoms with Gasteiger partial charge in [-0.15, -0.1) is 16.7 Å². The van der Waals surface area contributed by atoms with Gasteiger partial charge in [0.2, 0.25) is 5.89 Å². The van der Waals surface area contributed by atoms with E-state index in [0.29, 0.717) is 24.2 Å². The number of nitrogens with zero attached hydrogens (tertiary/aromatic N) is 3. The lowest BCUT2D eigenvalue weighted by Crippen LogP contribution is -2.09. The van der Waals surface area contributed by atoms with Gasteiger partial charge in [-0.3, -0.25) is 4.90 Å². The summed E-state index contributed by atoms with van der Waals surface area (Å²) in [7, 11) is 1.77. The highest BCUT2D eigenvalue weighted by Crippen LogP contribution is 2.22. The van der Waals surface area contributed by atoms with Crippen LogP contribution in [-0.2, 0) is 6.42 Å². The lowest BCUT2D eigenvalue weighted by Gasteiger charge is -2.13. The van der Waals surface area contributed by atoms with E-state index in [1.165, 1.54) is 12.1 Å². The molecule has 0 atom stereocenters. The van der Waals surface area contributed by atoms with E-state index in [1.54, 1.807) is 24.1 Å². The first-order chi connectivity index (χ1) is 8.20. The summed E-state index contributed by atoms with van der Waals surface area (Å²) in [6, 6.07) is 6.39. The van der Waals surface area contributed by atoms with Crippen molar-refractivity contribution in [1.82, 2.24) is 10.2 Å². The summed E-state index contributed by atoms with van der Waals surface area (Å²) in [4.78, 5) is 1.68. The number of hydrogen-bond acceptors (Lipinski definition) is 4. The monoisotopic (exact) mass is 255 g/mol. The normalized spacial score (nSPS) is 10.5. The van der Waals surface area contributed by atoms with Crippen LogP contribution in [0.3, 0.4) is 0 Å². The Morgan fingerprint density at radius 3 is 2.65 bits per heavy atom. The number of hydrogen-bond donors (Lipinski definition) is 0. The van der Waals surface area contributed by atoms with Crippen molar-refractivity contribution in [3.05, 3.63) is 36.0 Å². The number of benzene rings is 1. The maximum atomic E-state index is 12.8. The quantitative estimate of drug-likeness (QED) is 0.788. The molecule has 1 aromatic heterocycles. The molecule has 0 aliphatic carbocycles. The Bertz CT molecular complexity index is 486. The third kappa shape index (κ3) is 2.74. The number of alkyl halides is 1. The summed E-state index contributed by atoms with van der Waals surface area (Å²) in [5.74, 6) is 0.640. The molecule has 0 saturated carbocycles. The molecule has 1 heterocycles. The van der Waals surface area contributed by atoms with Gasteiger partial charge in [0.1, 0.15) is 5.82 Å². The highest BCUT2D eigenvalue weighted by Gasteiger charge is 2.11. The van der Waals surface area contributed by atoms with E-state index in [4.69, 9.17) is 16.0 Å². The van der Waals surface area contributed by atoms with Gasteiger partial charge in [0.05, 0.1) is 0 Å². The first-order valence-corrected chi connectivity index (χ1v) is 5.62. The van der Waals surface area contributed by atoms with E-state index in [2.05, 4.69) is 10.2 Å². The number of rotatable bonds is 4. The first kappa shape index (κ1) is 11.9. The third-order valence-electron chi connectivity index (χ3n) is 2.27. The van der Waals surface area contributed by atoms with Gasteiger partial charge in [-0.25, -0.2) is 4.39 Å². The van der Waals surface area contributed by atoms with Crippen molar-refractivity contribution in [2.24, 2.45) is 0 Å². The Hall–Kier alpha value is -1.62. The van der Waals surface area contributed by atoms with Crippen LogP contribution in [0.2, 0.25) is 0 Å². The molecule has 0 aliphatic rings. The average Bonchev–Trinajstić information content (AvgIpc) is 2.78. The Labute approximate surface area is 103 Å². The minimum absolute atomic E-state index is 0.282. The van der Waals surface area contributed by atoms with Crippen LogP contribution in [0, 0.1) is 5.82 Å². The zero-order chi connectivity index (χ0) is 12.3. The summed E-state index contributed by atoms with van der Waals surface area (Å²) < 4.78 is 18.2. The summed E-state index contributed by atoms with van der Waals surface area (Å²) >= 11 is 5.58. The van der Waals surface area contributed by atoms with Crippen molar-refractivity contribution in [3.8, 4) is 0 Å². The van der Waals surface area contributed by atoms with Gasteiger partial charge < -0.3 is 4.42 Å². The standard InChI is InChI=1S/C11H11ClFN3O/c1-16(9-4-2-8(13)3-5-9)11-15-14-10(17-11)6-7-12/h2-5H,6-7H2,1H3. The maximum absolute atomic E-state index is 12.8. The second-order valence-corrected chi connectivity index (χ2v) is 3.83. The zero-order valence-electron chi connectivity index (χ0n) is 9.23. The molecule has 0 N–H and O–H groups in total. The van der Waals surface area contributed by atoms with Crippen LogP contribution in [0.5, 0.6) is 0 Å². The van der Waals surface area contributed by atoms with Crippen LogP contribution in [0.25, 0.3) is 0 Å². The molecule has 4 nitrogen and oxygen atoms in total. The Kier molecular flexibility index (Phi) is 3.58. The van der Waals surface area contributed by atoms with E-state index in [0.717, 1.165) is 5.69 Å². The largest absolute Gasteiger partial charge is 0.408 e. The van der Waals surface area contributed by atoms with E-state index in [-0.39, 0.29) is 5.82 Å². The summed E-state index contributed by atoms with van der Waals surface area (Å²) in [6.45, 7) is 0. The van der Waals surface area contributed by atoms with E-state index >= 15 is 0 Å². The lowest BCUT2D eigenvalue weighted by atomic mass is 10.3. The SMILES string of the molecule is CN(c1ccc(F)cc1)c1nnc(CCCl)o1. The van der Waals surface area contributed by atoms with Crippen LogP contribution >= 0.6 is 11.6 Å². The molecule has 2 aromatic rings. The minimum atomic E-state index is -0.282. The predicted octanol–water partition coefficient (Wildman–Crippen LogP) is 2.76. The molecular weight excluding hydrogens is 245 g/mol. The lowest BCUT2D eigenvalue weighted by molar-refractivity contribution is 0.505. The predicted molar refractivity (Wildman–Crippen MR) is 63.2 cm³/mol. The van der Waals surface area contributed by atoms with Gasteiger partial charge in [0.25, 0.3) is 0 Å². The molecule has 0 radical (unpaired) electrons. The molecule has 0 unspecified atom stereocenters. The van der Waals surface area contributed by atoms with Gasteiger partial charge in [0, 0.05) is 25.0 Å². The Morgan fingerprint density at radius 1 is 1.29 bits per heavy atom. The maximum Gasteiger partial charge on any atom is 0.322 e. The van der Waals surface area contributed by atoms with Gasteiger partial charge in [-0.1, -0.05) is 5.10 Å². The molecule has 0 fully saturated rings. The van der Waals surface area contributed by atoms with Crippen molar-refractivity contribution >= 4 is 23.3 Å². The van der Waals surface area contributed by atoms with Crippen LogP contribution in [0.1, 0.15) is 5.89 Å². The van der Waals surface area contributed by atoms with Crippen LogP contribution in [0.15, 0.2) is 28.7 Å². The van der Waals surface area contributed by atoms with Gasteiger partial charge >= 0.3 is 6.01 Å². The van der Waals surface area contributed by atoms with E-state index < -0.39 is 0 Å². The van der Waals surface area contributed by atoms with E-state index in [1.807, 2.05) is 0 Å². The molecule has 0 saturated heterocycles. The van der Waals surface area contributed by atoms with Crippen LogP contribution in [-0.4, -0.2) is 23.1 Å². The molecule has 0 bridgehead atoms. The molecule has 1 aromatic carbocycles. The molecule has 2 rings (SSSR count). The molecule has 6 heteroatoms. The van der Waals surface area contributed by atoms with Crippen molar-refractivity contribution in [2.45, 2.75) is 6.42 Å². The smallest absolute Gasteiger partial charge is 0.322 e. The second-order valence-electron chi connectivity index (χ2n) is 3.45.